The van der Waals surface area contributed by atoms with Gasteiger partial charge in [-0.25, -0.2) is 8.42 Å². The lowest BCUT2D eigenvalue weighted by atomic mass is 9.74. The average molecular weight is 381 g/mol. The van der Waals surface area contributed by atoms with E-state index in [9.17, 15) is 23.1 Å². The lowest BCUT2D eigenvalue weighted by Gasteiger charge is -2.33. The Morgan fingerprint density at radius 1 is 1.38 bits per heavy atom. The molecule has 0 bridgehead atoms. The smallest absolute Gasteiger partial charge is 0.311 e. The SMILES string of the molecule is CCc1ccc(S(C)(=O)=O)cc1C(=O)N1C[C@H]2COCC[C@@]2(C(=O)O)C1. The van der Waals surface area contributed by atoms with Crippen LogP contribution in [-0.2, 0) is 25.8 Å². The zero-order valence-corrected chi connectivity index (χ0v) is 15.7. The summed E-state index contributed by atoms with van der Waals surface area (Å²) in [6.07, 6.45) is 2.06. The van der Waals surface area contributed by atoms with Gasteiger partial charge >= 0.3 is 5.97 Å². The fourth-order valence-electron chi connectivity index (χ4n) is 3.92. The van der Waals surface area contributed by atoms with Crippen molar-refractivity contribution in [3.63, 3.8) is 0 Å². The third-order valence-electron chi connectivity index (χ3n) is 5.54. The highest BCUT2D eigenvalue weighted by Gasteiger charge is 2.55. The Labute approximate surface area is 152 Å². The first-order chi connectivity index (χ1) is 12.2. The highest BCUT2D eigenvalue weighted by molar-refractivity contribution is 7.90. The van der Waals surface area contributed by atoms with Gasteiger partial charge < -0.3 is 14.7 Å². The Morgan fingerprint density at radius 2 is 2.12 bits per heavy atom. The summed E-state index contributed by atoms with van der Waals surface area (Å²) in [5.41, 5.74) is 0.0998. The predicted octanol–water partition coefficient (Wildman–Crippen LogP) is 1.22. The van der Waals surface area contributed by atoms with Crippen LogP contribution in [0.3, 0.4) is 0 Å². The molecule has 1 aromatic carbocycles. The first-order valence-corrected chi connectivity index (χ1v) is 10.5. The Balaban J connectivity index is 1.96. The van der Waals surface area contributed by atoms with Gasteiger partial charge in [-0.3, -0.25) is 9.59 Å². The third-order valence-corrected chi connectivity index (χ3v) is 6.65. The van der Waals surface area contributed by atoms with E-state index in [0.29, 0.717) is 38.2 Å². The second-order valence-electron chi connectivity index (χ2n) is 7.11. The van der Waals surface area contributed by atoms with Gasteiger partial charge in [0, 0.05) is 37.4 Å². The summed E-state index contributed by atoms with van der Waals surface area (Å²) in [6, 6.07) is 4.56. The lowest BCUT2D eigenvalue weighted by molar-refractivity contribution is -0.157. The lowest BCUT2D eigenvalue weighted by Crippen LogP contribution is -2.45. The van der Waals surface area contributed by atoms with Crippen molar-refractivity contribution in [3.05, 3.63) is 29.3 Å². The van der Waals surface area contributed by atoms with Crippen molar-refractivity contribution >= 4 is 21.7 Å². The molecule has 1 aromatic rings. The molecule has 26 heavy (non-hydrogen) atoms. The summed E-state index contributed by atoms with van der Waals surface area (Å²) in [6.45, 7) is 3.01. The number of benzene rings is 1. The van der Waals surface area contributed by atoms with Crippen LogP contribution in [0.25, 0.3) is 0 Å². The van der Waals surface area contributed by atoms with Crippen LogP contribution in [0, 0.1) is 11.3 Å². The fourth-order valence-corrected chi connectivity index (χ4v) is 4.57. The molecule has 2 atom stereocenters. The molecule has 0 aromatic heterocycles. The number of sulfone groups is 1. The molecule has 0 aliphatic carbocycles. The van der Waals surface area contributed by atoms with Crippen molar-refractivity contribution in [2.45, 2.75) is 24.7 Å². The summed E-state index contributed by atoms with van der Waals surface area (Å²) in [5.74, 6) is -1.47. The molecule has 2 aliphatic heterocycles. The minimum atomic E-state index is -3.44. The van der Waals surface area contributed by atoms with E-state index >= 15 is 0 Å². The van der Waals surface area contributed by atoms with Crippen LogP contribution >= 0.6 is 0 Å². The standard InChI is InChI=1S/C18H23NO6S/c1-3-12-4-5-14(26(2,23)24)8-15(12)16(20)19-9-13-10-25-7-6-18(13,11-19)17(21)22/h4-5,8,13H,3,6-7,9-11H2,1-2H3,(H,21,22)/t13-,18+/m0/s1. The number of ether oxygens (including phenoxy) is 1. The molecule has 7 nitrogen and oxygen atoms in total. The topological polar surface area (TPSA) is 101 Å². The molecule has 2 fully saturated rings. The maximum absolute atomic E-state index is 13.1. The van der Waals surface area contributed by atoms with Crippen molar-refractivity contribution < 1.29 is 27.9 Å². The minimum absolute atomic E-state index is 0.0888. The fraction of sp³-hybridized carbons (Fsp3) is 0.556. The Hall–Kier alpha value is -1.93. The molecule has 3 rings (SSSR count). The summed E-state index contributed by atoms with van der Waals surface area (Å²) in [5, 5.41) is 9.75. The van der Waals surface area contributed by atoms with E-state index in [1.807, 2.05) is 6.92 Å². The first-order valence-electron chi connectivity index (χ1n) is 8.62. The zero-order valence-electron chi connectivity index (χ0n) is 14.9. The number of nitrogens with zero attached hydrogens (tertiary/aromatic N) is 1. The monoisotopic (exact) mass is 381 g/mol. The van der Waals surface area contributed by atoms with Crippen molar-refractivity contribution in [3.8, 4) is 0 Å². The van der Waals surface area contributed by atoms with E-state index in [4.69, 9.17) is 4.74 Å². The van der Waals surface area contributed by atoms with Gasteiger partial charge in [-0.1, -0.05) is 13.0 Å². The average Bonchev–Trinajstić information content (AvgIpc) is 3.00. The number of amides is 1. The maximum atomic E-state index is 13.1. The number of fused-ring (bicyclic) bond motifs is 1. The number of aliphatic carboxylic acids is 1. The van der Waals surface area contributed by atoms with Crippen LogP contribution in [0.5, 0.6) is 0 Å². The largest absolute Gasteiger partial charge is 0.481 e. The number of carboxylic acid groups (broad SMARTS) is 1. The van der Waals surface area contributed by atoms with Crippen LogP contribution in [0.2, 0.25) is 0 Å². The summed E-state index contributed by atoms with van der Waals surface area (Å²) >= 11 is 0. The van der Waals surface area contributed by atoms with Crippen molar-refractivity contribution in [2.75, 3.05) is 32.6 Å². The van der Waals surface area contributed by atoms with Gasteiger partial charge in [0.15, 0.2) is 9.84 Å². The van der Waals surface area contributed by atoms with E-state index in [1.54, 1.807) is 6.07 Å². The predicted molar refractivity (Wildman–Crippen MR) is 93.8 cm³/mol. The highest BCUT2D eigenvalue weighted by Crippen LogP contribution is 2.43. The third kappa shape index (κ3) is 3.12. The number of hydrogen-bond donors (Lipinski definition) is 1. The number of carbonyl (C=O) groups is 2. The van der Waals surface area contributed by atoms with Gasteiger partial charge in [-0.15, -0.1) is 0 Å². The molecule has 1 amide bonds. The minimum Gasteiger partial charge on any atom is -0.481 e. The van der Waals surface area contributed by atoms with Crippen molar-refractivity contribution in [1.82, 2.24) is 4.90 Å². The molecular weight excluding hydrogens is 358 g/mol. The van der Waals surface area contributed by atoms with Crippen LogP contribution in [-0.4, -0.2) is 62.9 Å². The van der Waals surface area contributed by atoms with Gasteiger partial charge in [-0.2, -0.15) is 0 Å². The molecule has 142 valence electrons. The number of carboxylic acids is 1. The van der Waals surface area contributed by atoms with E-state index in [-0.39, 0.29) is 23.3 Å². The van der Waals surface area contributed by atoms with E-state index in [1.165, 1.54) is 17.0 Å². The van der Waals surface area contributed by atoms with E-state index in [0.717, 1.165) is 11.8 Å². The maximum Gasteiger partial charge on any atom is 0.311 e. The van der Waals surface area contributed by atoms with Crippen molar-refractivity contribution in [2.24, 2.45) is 11.3 Å². The summed E-state index contributed by atoms with van der Waals surface area (Å²) in [4.78, 5) is 26.6. The van der Waals surface area contributed by atoms with Gasteiger partial charge in [-0.05, 0) is 30.5 Å². The van der Waals surface area contributed by atoms with E-state index in [2.05, 4.69) is 0 Å². The van der Waals surface area contributed by atoms with Crippen LogP contribution in [0.4, 0.5) is 0 Å². The quantitative estimate of drug-likeness (QED) is 0.841. The van der Waals surface area contributed by atoms with E-state index < -0.39 is 21.2 Å². The Kier molecular flexibility index (Phi) is 4.83. The molecule has 2 aliphatic rings. The Morgan fingerprint density at radius 3 is 2.69 bits per heavy atom. The van der Waals surface area contributed by atoms with Crippen LogP contribution < -0.4 is 0 Å². The van der Waals surface area contributed by atoms with Crippen LogP contribution in [0.1, 0.15) is 29.3 Å². The molecule has 2 saturated heterocycles. The molecule has 0 saturated carbocycles. The molecule has 0 unspecified atom stereocenters. The number of hydrogen-bond acceptors (Lipinski definition) is 5. The number of carbonyl (C=O) groups excluding carboxylic acids is 1. The van der Waals surface area contributed by atoms with Gasteiger partial charge in [0.25, 0.3) is 5.91 Å². The molecule has 2 heterocycles. The molecule has 8 heteroatoms. The van der Waals surface area contributed by atoms with Crippen molar-refractivity contribution in [1.29, 1.82) is 0 Å². The Bertz CT molecular complexity index is 849. The summed E-state index contributed by atoms with van der Waals surface area (Å²) < 4.78 is 29.1. The first kappa shape index (κ1) is 18.8. The summed E-state index contributed by atoms with van der Waals surface area (Å²) in [7, 11) is -3.44. The van der Waals surface area contributed by atoms with Crippen LogP contribution in [0.15, 0.2) is 23.1 Å². The second kappa shape index (κ2) is 6.66. The molecule has 0 radical (unpaired) electrons. The number of likely N-dealkylation sites (tertiary alicyclic amines) is 1. The molecule has 1 N–H and O–H groups in total. The highest BCUT2D eigenvalue weighted by atomic mass is 32.2. The molecule has 0 spiro atoms. The van der Waals surface area contributed by atoms with Gasteiger partial charge in [0.2, 0.25) is 0 Å². The van der Waals surface area contributed by atoms with Gasteiger partial charge in [0.05, 0.1) is 16.9 Å². The number of rotatable bonds is 4. The second-order valence-corrected chi connectivity index (χ2v) is 9.13. The number of aryl methyl sites for hydroxylation is 1. The normalized spacial score (nSPS) is 25.8. The zero-order chi connectivity index (χ0) is 19.1. The van der Waals surface area contributed by atoms with Gasteiger partial charge in [0.1, 0.15) is 0 Å². The molecular formula is C18H23NO6S.